The Balaban J connectivity index is 1.60. The van der Waals surface area contributed by atoms with Crippen LogP contribution in [0.25, 0.3) is 0 Å². The normalized spacial score (nSPS) is 17.0. The lowest BCUT2D eigenvalue weighted by molar-refractivity contribution is -0.153. The molecule has 0 unspecified atom stereocenters. The number of carbonyl (C=O) groups is 3. The molecule has 4 rings (SSSR count). The monoisotopic (exact) mass is 606 g/mol. The summed E-state index contributed by atoms with van der Waals surface area (Å²) in [5.74, 6) is -1.31. The van der Waals surface area contributed by atoms with Crippen molar-refractivity contribution in [1.82, 2.24) is 10.2 Å². The van der Waals surface area contributed by atoms with Crippen LogP contribution in [0.4, 0.5) is 0 Å². The lowest BCUT2D eigenvalue weighted by Gasteiger charge is -2.46. The molecule has 0 bridgehead atoms. The average Bonchev–Trinajstić information content (AvgIpc) is 3.01. The Morgan fingerprint density at radius 2 is 1.60 bits per heavy atom. The maximum absolute atomic E-state index is 13.5. The van der Waals surface area contributed by atoms with Gasteiger partial charge in [0, 0.05) is 10.8 Å². The summed E-state index contributed by atoms with van der Waals surface area (Å²) in [6.07, 6.45) is 1.37. The highest BCUT2D eigenvalue weighted by Gasteiger charge is 2.54. The van der Waals surface area contributed by atoms with Gasteiger partial charge in [-0.25, -0.2) is 13.2 Å². The molecule has 0 aromatic heterocycles. The van der Waals surface area contributed by atoms with Crippen molar-refractivity contribution in [2.75, 3.05) is 7.11 Å². The zero-order valence-corrected chi connectivity index (χ0v) is 24.7. The van der Waals surface area contributed by atoms with Crippen LogP contribution in [0.1, 0.15) is 18.1 Å². The van der Waals surface area contributed by atoms with Crippen molar-refractivity contribution in [2.45, 2.75) is 36.3 Å². The van der Waals surface area contributed by atoms with Crippen molar-refractivity contribution in [1.29, 1.82) is 0 Å². The summed E-state index contributed by atoms with van der Waals surface area (Å²) in [6, 6.07) is 22.4. The molecule has 1 aliphatic rings. The Kier molecular flexibility index (Phi) is 9.87. The molecule has 9 nitrogen and oxygen atoms in total. The van der Waals surface area contributed by atoms with Gasteiger partial charge in [0.2, 0.25) is 14.8 Å². The van der Waals surface area contributed by atoms with Gasteiger partial charge in [-0.2, -0.15) is 0 Å². The van der Waals surface area contributed by atoms with Gasteiger partial charge >= 0.3 is 5.97 Å². The van der Waals surface area contributed by atoms with Gasteiger partial charge in [0.15, 0.2) is 0 Å². The van der Waals surface area contributed by atoms with E-state index in [2.05, 4.69) is 11.9 Å². The zero-order valence-electron chi connectivity index (χ0n) is 23.1. The molecule has 0 aliphatic carbocycles. The molecule has 218 valence electrons. The Morgan fingerprint density at radius 3 is 2.19 bits per heavy atom. The van der Waals surface area contributed by atoms with Gasteiger partial charge in [0.1, 0.15) is 29.5 Å². The summed E-state index contributed by atoms with van der Waals surface area (Å²) < 4.78 is 37.4. The highest BCUT2D eigenvalue weighted by atomic mass is 33.1. The quantitative estimate of drug-likeness (QED) is 0.107. The van der Waals surface area contributed by atoms with Crippen LogP contribution < -0.4 is 10.1 Å². The van der Waals surface area contributed by atoms with Gasteiger partial charge in [-0.1, -0.05) is 73.3 Å². The van der Waals surface area contributed by atoms with E-state index >= 15 is 0 Å². The third kappa shape index (κ3) is 7.10. The van der Waals surface area contributed by atoms with Crippen LogP contribution in [0.2, 0.25) is 0 Å². The van der Waals surface area contributed by atoms with Gasteiger partial charge in [-0.3, -0.25) is 14.5 Å². The molecule has 42 heavy (non-hydrogen) atoms. The second kappa shape index (κ2) is 13.5. The summed E-state index contributed by atoms with van der Waals surface area (Å²) >= 11 is 0. The van der Waals surface area contributed by atoms with Gasteiger partial charge < -0.3 is 14.8 Å². The van der Waals surface area contributed by atoms with Crippen molar-refractivity contribution in [2.24, 2.45) is 0 Å². The van der Waals surface area contributed by atoms with E-state index in [0.29, 0.717) is 27.7 Å². The van der Waals surface area contributed by atoms with E-state index in [1.165, 1.54) is 25.3 Å². The summed E-state index contributed by atoms with van der Waals surface area (Å²) in [5.41, 5.74) is 1.56. The fraction of sp³-hybridized carbons (Fsp3) is 0.194. The molecule has 3 aromatic rings. The first kappa shape index (κ1) is 30.6. The molecule has 0 radical (unpaired) electrons. The van der Waals surface area contributed by atoms with Crippen LogP contribution >= 0.6 is 10.8 Å². The molecular formula is C31H30N2O7S2. The Bertz CT molecular complexity index is 1590. The number of rotatable bonds is 12. The molecule has 1 saturated heterocycles. The lowest BCUT2D eigenvalue weighted by Crippen LogP contribution is -2.69. The summed E-state index contributed by atoms with van der Waals surface area (Å²) in [6.45, 7) is 5.18. The number of amides is 2. The number of esters is 1. The van der Waals surface area contributed by atoms with Gasteiger partial charge in [0.05, 0.1) is 18.4 Å². The molecule has 1 aliphatic heterocycles. The van der Waals surface area contributed by atoms with E-state index in [9.17, 15) is 22.8 Å². The van der Waals surface area contributed by atoms with Crippen LogP contribution in [-0.2, 0) is 41.0 Å². The first-order chi connectivity index (χ1) is 20.1. The first-order valence-electron chi connectivity index (χ1n) is 12.9. The molecule has 2 amide bonds. The second-order valence-electron chi connectivity index (χ2n) is 9.33. The van der Waals surface area contributed by atoms with E-state index in [1.807, 2.05) is 6.07 Å². The number of ether oxygens (including phenoxy) is 2. The van der Waals surface area contributed by atoms with Crippen LogP contribution in [0.5, 0.6) is 5.75 Å². The highest BCUT2D eigenvalue weighted by Crippen LogP contribution is 2.40. The summed E-state index contributed by atoms with van der Waals surface area (Å²) in [5, 5.41) is 1.51. The number of β-lactam (4-membered cyclic amide) rings is 1. The topological polar surface area (TPSA) is 119 Å². The second-order valence-corrected chi connectivity index (χ2v) is 13.3. The Morgan fingerprint density at radius 1 is 0.976 bits per heavy atom. The Labute approximate surface area is 248 Å². The number of methoxy groups -OCH3 is 1. The van der Waals surface area contributed by atoms with E-state index < -0.39 is 38.1 Å². The number of likely N-dealkylation sites (tertiary alicyclic amines) is 1. The smallest absolute Gasteiger partial charge is 0.355 e. The maximum atomic E-state index is 13.5. The fourth-order valence-electron chi connectivity index (χ4n) is 4.20. The van der Waals surface area contributed by atoms with Gasteiger partial charge in [-0.15, -0.1) is 0 Å². The number of carbonyl (C=O) groups excluding carboxylic acids is 3. The molecule has 2 atom stereocenters. The van der Waals surface area contributed by atoms with E-state index in [0.717, 1.165) is 10.5 Å². The van der Waals surface area contributed by atoms with Gasteiger partial charge in [-0.05, 0) is 47.9 Å². The SMILES string of the molecule is C=C/C(C)=C(\C(=O)OCc1ccc(OC)cc1)N1C(=O)[C@@H](NC(=O)Cc2ccccc2)[C@H]1SS(=O)(=O)c1ccccc1. The summed E-state index contributed by atoms with van der Waals surface area (Å²) in [4.78, 5) is 40.8. The third-order valence-electron chi connectivity index (χ3n) is 6.47. The van der Waals surface area contributed by atoms with Crippen LogP contribution in [0.3, 0.4) is 0 Å². The van der Waals surface area contributed by atoms with Crippen molar-refractivity contribution in [3.8, 4) is 5.75 Å². The first-order valence-corrected chi connectivity index (χ1v) is 15.8. The molecule has 0 saturated carbocycles. The number of benzene rings is 3. The number of hydrogen-bond acceptors (Lipinski definition) is 8. The standard InChI is InChI=1S/C31H30N2O7S2/c1-4-21(2)28(31(36)40-20-23-15-17-24(39-3)18-16-23)33-29(35)27(32-26(34)19-22-11-7-5-8-12-22)30(33)41-42(37,38)25-13-9-6-10-14-25/h4-18,27,30H,1,19-20H2,2-3H3,(H,32,34)/b28-21+/t27-,30-/m1/s1. The number of nitrogens with one attached hydrogen (secondary N) is 1. The number of nitrogens with zero attached hydrogens (tertiary/aromatic N) is 1. The largest absolute Gasteiger partial charge is 0.497 e. The average molecular weight is 607 g/mol. The fourth-order valence-corrected chi connectivity index (χ4v) is 7.69. The highest BCUT2D eigenvalue weighted by molar-refractivity contribution is 8.72. The molecule has 3 aromatic carbocycles. The van der Waals surface area contributed by atoms with E-state index in [1.54, 1.807) is 73.7 Å². The van der Waals surface area contributed by atoms with E-state index in [-0.39, 0.29) is 23.6 Å². The molecule has 11 heteroatoms. The Hall–Kier alpha value is -4.35. The van der Waals surface area contributed by atoms with Crippen LogP contribution in [0, 0.1) is 0 Å². The van der Waals surface area contributed by atoms with E-state index in [4.69, 9.17) is 9.47 Å². The molecular weight excluding hydrogens is 576 g/mol. The predicted octanol–water partition coefficient (Wildman–Crippen LogP) is 4.22. The third-order valence-corrected chi connectivity index (χ3v) is 10.2. The predicted molar refractivity (Wildman–Crippen MR) is 160 cm³/mol. The van der Waals surface area contributed by atoms with Crippen LogP contribution in [-0.4, -0.2) is 49.6 Å². The zero-order chi connectivity index (χ0) is 30.3. The number of hydrogen-bond donors (Lipinski definition) is 1. The number of allylic oxidation sites excluding steroid dienone is 2. The minimum Gasteiger partial charge on any atom is -0.497 e. The summed E-state index contributed by atoms with van der Waals surface area (Å²) in [7, 11) is -1.98. The van der Waals surface area contributed by atoms with Gasteiger partial charge in [0.25, 0.3) is 5.91 Å². The minimum atomic E-state index is -4.00. The van der Waals surface area contributed by atoms with Crippen molar-refractivity contribution in [3.05, 3.63) is 120 Å². The molecule has 1 N–H and O–H groups in total. The molecule has 1 fully saturated rings. The van der Waals surface area contributed by atoms with Crippen LogP contribution in [0.15, 0.2) is 114 Å². The van der Waals surface area contributed by atoms with Crippen molar-refractivity contribution < 1.29 is 32.3 Å². The maximum Gasteiger partial charge on any atom is 0.355 e. The molecule has 1 heterocycles. The van der Waals surface area contributed by atoms with Crippen molar-refractivity contribution in [3.63, 3.8) is 0 Å². The van der Waals surface area contributed by atoms with Crippen molar-refractivity contribution >= 4 is 37.4 Å². The lowest BCUT2D eigenvalue weighted by atomic mass is 10.0. The minimum absolute atomic E-state index is 0.00821. The molecule has 0 spiro atoms.